The van der Waals surface area contributed by atoms with Crippen molar-refractivity contribution in [1.82, 2.24) is 14.9 Å². The van der Waals surface area contributed by atoms with Gasteiger partial charge in [0.2, 0.25) is 5.91 Å². The second-order valence-corrected chi connectivity index (χ2v) is 4.48. The number of aromatic amines is 1. The van der Waals surface area contributed by atoms with Crippen molar-refractivity contribution in [2.45, 2.75) is 31.4 Å². The molecule has 2 rings (SSSR count). The zero-order valence-corrected chi connectivity index (χ0v) is 10.6. The lowest BCUT2D eigenvalue weighted by atomic mass is 10.1. The molecule has 0 saturated carbocycles. The van der Waals surface area contributed by atoms with Gasteiger partial charge in [-0.2, -0.15) is 0 Å². The summed E-state index contributed by atoms with van der Waals surface area (Å²) in [5.41, 5.74) is -1.32. The molecule has 4 atom stereocenters. The molecule has 4 N–H and O–H groups in total. The molecular weight excluding hydrogens is 270 g/mol. The van der Waals surface area contributed by atoms with Crippen LogP contribution in [0.1, 0.15) is 13.2 Å². The number of rotatable bonds is 3. The van der Waals surface area contributed by atoms with Crippen LogP contribution in [0.5, 0.6) is 0 Å². The molecule has 20 heavy (non-hydrogen) atoms. The normalized spacial score (nSPS) is 29.4. The number of aliphatic hydroxyl groups excluding tert-OH is 2. The predicted molar refractivity (Wildman–Crippen MR) is 65.9 cm³/mol. The van der Waals surface area contributed by atoms with E-state index in [2.05, 4.69) is 5.32 Å². The second kappa shape index (κ2) is 5.57. The average Bonchev–Trinajstić information content (AvgIpc) is 2.67. The van der Waals surface area contributed by atoms with E-state index in [1.54, 1.807) is 0 Å². The van der Waals surface area contributed by atoms with E-state index in [1.165, 1.54) is 13.1 Å². The first-order valence-corrected chi connectivity index (χ1v) is 5.97. The van der Waals surface area contributed by atoms with E-state index in [1.807, 2.05) is 4.98 Å². The van der Waals surface area contributed by atoms with Crippen LogP contribution in [0.4, 0.5) is 0 Å². The maximum atomic E-state index is 11.7. The minimum absolute atomic E-state index is 0.398. The number of nitrogens with zero attached hydrogens (tertiary/aromatic N) is 1. The van der Waals surface area contributed by atoms with E-state index in [0.717, 1.165) is 10.6 Å². The van der Waals surface area contributed by atoms with Gasteiger partial charge < -0.3 is 20.3 Å². The van der Waals surface area contributed by atoms with Gasteiger partial charge in [0.05, 0.1) is 12.6 Å². The summed E-state index contributed by atoms with van der Waals surface area (Å²) in [4.78, 5) is 35.8. The smallest absolute Gasteiger partial charge is 0.330 e. The third kappa shape index (κ3) is 2.64. The number of hydrogen-bond acceptors (Lipinski definition) is 6. The van der Waals surface area contributed by atoms with Gasteiger partial charge in [-0.3, -0.25) is 19.1 Å². The van der Waals surface area contributed by atoms with E-state index >= 15 is 0 Å². The number of ether oxygens (including phenoxy) is 1. The highest BCUT2D eigenvalue weighted by Gasteiger charge is 2.45. The fraction of sp³-hybridized carbons (Fsp3) is 0.545. The van der Waals surface area contributed by atoms with Crippen LogP contribution in [0.2, 0.25) is 0 Å². The van der Waals surface area contributed by atoms with Crippen molar-refractivity contribution >= 4 is 5.91 Å². The van der Waals surface area contributed by atoms with Gasteiger partial charge in [0.1, 0.15) is 12.2 Å². The highest BCUT2D eigenvalue weighted by molar-refractivity contribution is 5.73. The Labute approximate surface area is 112 Å². The lowest BCUT2D eigenvalue weighted by Gasteiger charge is -2.19. The molecule has 0 aliphatic carbocycles. The van der Waals surface area contributed by atoms with E-state index in [-0.39, 0.29) is 0 Å². The SMILES string of the molecule is CC(=O)N[C@@H]1C(O)[C@H](n2ccc(=O)[nH]c2=O)O[C@@H]1CO. The fourth-order valence-electron chi connectivity index (χ4n) is 2.17. The Kier molecular flexibility index (Phi) is 4.02. The lowest BCUT2D eigenvalue weighted by Crippen LogP contribution is -2.48. The first kappa shape index (κ1) is 14.4. The van der Waals surface area contributed by atoms with Crippen LogP contribution in [-0.2, 0) is 9.53 Å². The van der Waals surface area contributed by atoms with E-state index < -0.39 is 48.2 Å². The summed E-state index contributed by atoms with van der Waals surface area (Å²) >= 11 is 0. The summed E-state index contributed by atoms with van der Waals surface area (Å²) in [5.74, 6) is -0.398. The lowest BCUT2D eigenvalue weighted by molar-refractivity contribution is -0.120. The van der Waals surface area contributed by atoms with Crippen molar-refractivity contribution in [2.24, 2.45) is 0 Å². The number of aromatic nitrogens is 2. The molecule has 1 saturated heterocycles. The van der Waals surface area contributed by atoms with Crippen molar-refractivity contribution in [3.63, 3.8) is 0 Å². The summed E-state index contributed by atoms with van der Waals surface area (Å²) in [6.07, 6.45) is -2.01. The Morgan fingerprint density at radius 2 is 2.25 bits per heavy atom. The predicted octanol–water partition coefficient (Wildman–Crippen LogP) is -2.71. The topological polar surface area (TPSA) is 134 Å². The summed E-state index contributed by atoms with van der Waals surface area (Å²) in [5, 5.41) is 21.8. The molecular formula is C11H15N3O6. The monoisotopic (exact) mass is 285 g/mol. The fourth-order valence-corrected chi connectivity index (χ4v) is 2.17. The van der Waals surface area contributed by atoms with Gasteiger partial charge in [-0.15, -0.1) is 0 Å². The molecule has 9 heteroatoms. The number of aliphatic hydroxyl groups is 2. The number of hydrogen-bond donors (Lipinski definition) is 4. The largest absolute Gasteiger partial charge is 0.394 e. The summed E-state index contributed by atoms with van der Waals surface area (Å²) in [6, 6.07) is 0.262. The maximum Gasteiger partial charge on any atom is 0.330 e. The van der Waals surface area contributed by atoms with E-state index in [0.29, 0.717) is 0 Å². The molecule has 0 aromatic carbocycles. The molecule has 1 unspecified atom stereocenters. The minimum Gasteiger partial charge on any atom is -0.394 e. The van der Waals surface area contributed by atoms with Gasteiger partial charge in [-0.1, -0.05) is 0 Å². The average molecular weight is 285 g/mol. The van der Waals surface area contributed by atoms with Gasteiger partial charge in [0, 0.05) is 19.2 Å². The molecule has 1 aromatic rings. The Morgan fingerprint density at radius 3 is 2.80 bits per heavy atom. The van der Waals surface area contributed by atoms with Crippen molar-refractivity contribution in [2.75, 3.05) is 6.61 Å². The quantitative estimate of drug-likeness (QED) is 0.477. The van der Waals surface area contributed by atoms with Crippen molar-refractivity contribution in [3.8, 4) is 0 Å². The van der Waals surface area contributed by atoms with Crippen LogP contribution in [0.3, 0.4) is 0 Å². The van der Waals surface area contributed by atoms with Crippen LogP contribution in [0, 0.1) is 0 Å². The second-order valence-electron chi connectivity index (χ2n) is 4.48. The molecule has 1 amide bonds. The number of amides is 1. The molecule has 1 fully saturated rings. The van der Waals surface area contributed by atoms with Gasteiger partial charge >= 0.3 is 5.69 Å². The Balaban J connectivity index is 2.32. The van der Waals surface area contributed by atoms with Crippen molar-refractivity contribution in [3.05, 3.63) is 33.1 Å². The van der Waals surface area contributed by atoms with Crippen LogP contribution < -0.4 is 16.6 Å². The first-order chi connectivity index (χ1) is 9.43. The van der Waals surface area contributed by atoms with E-state index in [9.17, 15) is 24.6 Å². The van der Waals surface area contributed by atoms with Crippen molar-refractivity contribution < 1.29 is 19.7 Å². The molecule has 0 spiro atoms. The zero-order valence-electron chi connectivity index (χ0n) is 10.6. The standard InChI is InChI=1S/C11H15N3O6/c1-5(16)12-8-6(4-15)20-10(9(8)18)14-3-2-7(17)13-11(14)19/h2-3,6,8-10,15,18H,4H2,1H3,(H,12,16)(H,13,17,19)/t6-,8+,9?,10-/m1/s1. The Morgan fingerprint density at radius 1 is 1.55 bits per heavy atom. The van der Waals surface area contributed by atoms with Crippen LogP contribution >= 0.6 is 0 Å². The first-order valence-electron chi connectivity index (χ1n) is 5.97. The number of H-pyrrole nitrogens is 1. The van der Waals surface area contributed by atoms with Gasteiger partial charge in [-0.25, -0.2) is 4.79 Å². The molecule has 0 bridgehead atoms. The van der Waals surface area contributed by atoms with Gasteiger partial charge in [-0.05, 0) is 0 Å². The summed E-state index contributed by atoms with van der Waals surface area (Å²) in [6.45, 7) is 0.831. The van der Waals surface area contributed by atoms with Gasteiger partial charge in [0.15, 0.2) is 6.23 Å². The van der Waals surface area contributed by atoms with Crippen molar-refractivity contribution in [1.29, 1.82) is 0 Å². The zero-order chi connectivity index (χ0) is 14.9. The summed E-state index contributed by atoms with van der Waals surface area (Å²) in [7, 11) is 0. The molecule has 0 radical (unpaired) electrons. The Hall–Kier alpha value is -1.97. The Bertz CT molecular complexity index is 609. The molecule has 1 aliphatic rings. The highest BCUT2D eigenvalue weighted by Crippen LogP contribution is 2.27. The molecule has 1 aromatic heterocycles. The van der Waals surface area contributed by atoms with Crippen LogP contribution in [0.25, 0.3) is 0 Å². The van der Waals surface area contributed by atoms with Crippen LogP contribution in [-0.4, -0.2) is 50.5 Å². The number of carbonyl (C=O) groups is 1. The molecule has 9 nitrogen and oxygen atoms in total. The third-order valence-corrected chi connectivity index (χ3v) is 3.05. The summed E-state index contributed by atoms with van der Waals surface area (Å²) < 4.78 is 6.37. The number of carbonyl (C=O) groups excluding carboxylic acids is 1. The maximum absolute atomic E-state index is 11.7. The molecule has 1 aliphatic heterocycles. The van der Waals surface area contributed by atoms with Gasteiger partial charge in [0.25, 0.3) is 5.56 Å². The molecule has 110 valence electrons. The minimum atomic E-state index is -1.24. The van der Waals surface area contributed by atoms with E-state index in [4.69, 9.17) is 4.74 Å². The molecule has 2 heterocycles. The highest BCUT2D eigenvalue weighted by atomic mass is 16.5. The van der Waals surface area contributed by atoms with Crippen LogP contribution in [0.15, 0.2) is 21.9 Å². The number of nitrogens with one attached hydrogen (secondary N) is 2. The third-order valence-electron chi connectivity index (χ3n) is 3.05.